The van der Waals surface area contributed by atoms with Crippen molar-refractivity contribution in [3.05, 3.63) is 157 Å². The molecule has 0 aliphatic heterocycles. The first-order valence-corrected chi connectivity index (χ1v) is 22.4. The van der Waals surface area contributed by atoms with Gasteiger partial charge in [0.2, 0.25) is 0 Å². The van der Waals surface area contributed by atoms with Crippen LogP contribution in [-0.2, 0) is 17.8 Å². The molecule has 0 spiro atoms. The number of nitrogens with zero attached hydrogens (tertiary/aromatic N) is 5. The van der Waals surface area contributed by atoms with Crippen LogP contribution in [0.2, 0.25) is 0 Å². The molecule has 1 amide bonds. The quantitative estimate of drug-likeness (QED) is 0.0126. The maximum absolute atomic E-state index is 13.0. The van der Waals surface area contributed by atoms with E-state index in [0.29, 0.717) is 36.4 Å². The van der Waals surface area contributed by atoms with Gasteiger partial charge >= 0.3 is 6.09 Å². The van der Waals surface area contributed by atoms with Crippen LogP contribution in [0.25, 0.3) is 0 Å². The van der Waals surface area contributed by atoms with Gasteiger partial charge in [0.15, 0.2) is 0 Å². The summed E-state index contributed by atoms with van der Waals surface area (Å²) in [5.74, 6) is -0.852. The van der Waals surface area contributed by atoms with E-state index in [1.165, 1.54) is 18.2 Å². The molecule has 0 fully saturated rings. The first kappa shape index (κ1) is 53.7. The Kier molecular flexibility index (Phi) is 18.1. The lowest BCUT2D eigenvalue weighted by molar-refractivity contribution is -0.385. The van der Waals surface area contributed by atoms with E-state index in [9.17, 15) is 54.4 Å². The van der Waals surface area contributed by atoms with E-state index in [0.717, 1.165) is 49.8 Å². The molecule has 6 aromatic rings. The number of hydrogen-bond donors (Lipinski definition) is 7. The van der Waals surface area contributed by atoms with E-state index < -0.39 is 54.8 Å². The van der Waals surface area contributed by atoms with Crippen molar-refractivity contribution in [3.63, 3.8) is 0 Å². The predicted octanol–water partition coefficient (Wildman–Crippen LogP) is 6.50. The summed E-state index contributed by atoms with van der Waals surface area (Å²) in [6.45, 7) is 9.16. The van der Waals surface area contributed by atoms with Crippen molar-refractivity contribution in [2.75, 3.05) is 75.6 Å². The molecule has 0 saturated carbocycles. The van der Waals surface area contributed by atoms with E-state index in [2.05, 4.69) is 31.5 Å². The minimum atomic E-state index is -0.799. The largest absolute Gasteiger partial charge is 0.506 e. The second-order valence-electron chi connectivity index (χ2n) is 17.9. The molecule has 0 aliphatic carbocycles. The number of rotatable bonds is 22. The Morgan fingerprint density at radius 2 is 1.00 bits per heavy atom. The van der Waals surface area contributed by atoms with Crippen molar-refractivity contribution in [1.29, 1.82) is 0 Å². The molecule has 71 heavy (non-hydrogen) atoms. The van der Waals surface area contributed by atoms with Crippen LogP contribution in [0, 0.1) is 20.2 Å². The third-order valence-corrected chi connectivity index (χ3v) is 10.6. The van der Waals surface area contributed by atoms with Gasteiger partial charge in [-0.05, 0) is 117 Å². The minimum Gasteiger partial charge on any atom is -0.506 e. The van der Waals surface area contributed by atoms with E-state index in [1.54, 1.807) is 56.0 Å². The van der Waals surface area contributed by atoms with Crippen LogP contribution in [0.3, 0.4) is 0 Å². The molecule has 0 heterocycles. The number of amides is 1. The molecular weight excluding hydrogens is 921 g/mol. The van der Waals surface area contributed by atoms with E-state index in [4.69, 9.17) is 4.74 Å². The van der Waals surface area contributed by atoms with Gasteiger partial charge in [-0.3, -0.25) is 39.4 Å². The third kappa shape index (κ3) is 14.7. The summed E-state index contributed by atoms with van der Waals surface area (Å²) in [4.78, 5) is 88.2. The number of non-ortho nitro benzene ring substituents is 2. The predicted molar refractivity (Wildman–Crippen MR) is 273 cm³/mol. The van der Waals surface area contributed by atoms with Gasteiger partial charge in [0, 0.05) is 36.6 Å². The highest BCUT2D eigenvalue weighted by atomic mass is 16.6. The molecule has 0 unspecified atom stereocenters. The smallest absolute Gasteiger partial charge is 0.410 e. The van der Waals surface area contributed by atoms with Crippen molar-refractivity contribution >= 4 is 63.0 Å². The first-order chi connectivity index (χ1) is 33.5. The molecular formula is C49H58N10O12. The Hall–Kier alpha value is -8.21. The zero-order valence-electron chi connectivity index (χ0n) is 40.5. The second-order valence-corrected chi connectivity index (χ2v) is 17.9. The Morgan fingerprint density at radius 3 is 1.42 bits per heavy atom. The number of nitrogens with one attached hydrogen (secondary N) is 5. The zero-order chi connectivity index (χ0) is 52.2. The van der Waals surface area contributed by atoms with Crippen LogP contribution in [0.1, 0.15) is 44.7 Å². The zero-order valence-corrected chi connectivity index (χ0v) is 40.5. The third-order valence-electron chi connectivity index (χ3n) is 10.6. The molecule has 6 aromatic carbocycles. The first-order valence-electron chi connectivity index (χ1n) is 22.4. The normalized spacial score (nSPS) is 11.3. The van der Waals surface area contributed by atoms with Crippen LogP contribution in [0.5, 0.6) is 11.5 Å². The number of ether oxygens (including phenoxy) is 1. The lowest BCUT2D eigenvalue weighted by Crippen LogP contribution is -2.38. The molecule has 22 heteroatoms. The minimum absolute atomic E-state index is 0.00658. The van der Waals surface area contributed by atoms with E-state index in [-0.39, 0.29) is 52.0 Å². The van der Waals surface area contributed by atoms with Gasteiger partial charge < -0.3 is 56.2 Å². The van der Waals surface area contributed by atoms with Gasteiger partial charge in [0.05, 0.1) is 39.9 Å². The van der Waals surface area contributed by atoms with Crippen molar-refractivity contribution in [3.8, 4) is 11.5 Å². The number of anilines is 8. The summed E-state index contributed by atoms with van der Waals surface area (Å²) in [5.41, 5.74) is -1.40. The summed E-state index contributed by atoms with van der Waals surface area (Å²) in [7, 11) is 7.94. The Labute approximate surface area is 408 Å². The maximum Gasteiger partial charge on any atom is 0.410 e. The molecule has 0 aromatic heterocycles. The summed E-state index contributed by atoms with van der Waals surface area (Å²) in [6, 6.07) is 21.3. The highest BCUT2D eigenvalue weighted by molar-refractivity contribution is 5.85. The van der Waals surface area contributed by atoms with Gasteiger partial charge in [-0.25, -0.2) is 4.79 Å². The highest BCUT2D eigenvalue weighted by Gasteiger charge is 2.27. The Balaban J connectivity index is 0.000000269. The van der Waals surface area contributed by atoms with Gasteiger partial charge in [0.25, 0.3) is 33.1 Å². The lowest BCUT2D eigenvalue weighted by Gasteiger charge is -2.28. The molecule has 0 saturated heterocycles. The monoisotopic (exact) mass is 978 g/mol. The molecule has 0 radical (unpaired) electrons. The molecule has 7 N–H and O–H groups in total. The fourth-order valence-corrected chi connectivity index (χ4v) is 6.94. The number of phenols is 2. The van der Waals surface area contributed by atoms with Gasteiger partial charge in [-0.1, -0.05) is 36.4 Å². The fraction of sp³-hybridized carbons (Fsp3) is 0.327. The maximum atomic E-state index is 13.0. The number of hydrogen-bond acceptors (Lipinski definition) is 19. The van der Waals surface area contributed by atoms with Crippen LogP contribution in [-0.4, -0.2) is 101 Å². The van der Waals surface area contributed by atoms with Gasteiger partial charge in [-0.2, -0.15) is 0 Å². The number of phenolic OH excluding ortho intramolecular Hbond substituents is 2. The van der Waals surface area contributed by atoms with E-state index in [1.807, 2.05) is 51.3 Å². The Bertz CT molecular complexity index is 3010. The molecule has 0 aliphatic rings. The molecule has 6 rings (SSSR count). The second kappa shape index (κ2) is 23.9. The van der Waals surface area contributed by atoms with Crippen molar-refractivity contribution in [2.24, 2.45) is 0 Å². The fourth-order valence-electron chi connectivity index (χ4n) is 6.94. The number of nitro groups is 2. The number of aromatic hydroxyl groups is 2. The molecule has 0 atom stereocenters. The number of para-hydroxylation sites is 2. The standard InChI is InChI=1S/C27H33N5O7.C22H25N5O5/c1-27(2,3)39-26(36)31(14-8-13-30(4)5)16-17-9-6-7-10-19(17)28-22-23(25(35)24(22)34)29-20-12-11-18(32(37)38)15-21(20)33;1-26(2)11-5-10-23-13-14-6-3-4-7-16(14)24-19-20(22(30)21(19)29)25-17-9-8-15(27(31)32)12-18(17)28/h6-7,9-12,15,28-29,33H,8,13-14,16H2,1-5H3;3-4,6-9,12,23-25,28H,5,10-11,13H2,1-2H3. The molecule has 22 nitrogen and oxygen atoms in total. The highest BCUT2D eigenvalue weighted by Crippen LogP contribution is 2.35. The number of carbonyl (C=O) groups excluding carboxylic acids is 1. The Morgan fingerprint density at radius 1 is 0.592 bits per heavy atom. The lowest BCUT2D eigenvalue weighted by atomic mass is 10.1. The summed E-state index contributed by atoms with van der Waals surface area (Å²) in [6.07, 6.45) is 1.24. The van der Waals surface area contributed by atoms with Crippen molar-refractivity contribution < 1.29 is 29.6 Å². The molecule has 0 bridgehead atoms. The van der Waals surface area contributed by atoms with Gasteiger partial charge in [0.1, 0.15) is 39.8 Å². The average molecular weight is 979 g/mol. The number of carbonyl (C=O) groups is 1. The van der Waals surface area contributed by atoms with Crippen LogP contribution in [0.15, 0.2) is 104 Å². The van der Waals surface area contributed by atoms with Gasteiger partial charge in [-0.15, -0.1) is 0 Å². The SMILES string of the molecule is CN(C)CCCN(Cc1ccccc1Nc1c(Nc2ccc([N+](=O)[O-])cc2O)c(=O)c1=O)C(=O)OC(C)(C)C.CN(C)CCCNCc1ccccc1Nc1c(Nc2ccc([N+](=O)[O-])cc2O)c(=O)c1=O. The van der Waals surface area contributed by atoms with Crippen LogP contribution >= 0.6 is 0 Å². The summed E-state index contributed by atoms with van der Waals surface area (Å²) >= 11 is 0. The average Bonchev–Trinajstić information content (AvgIpc) is 3.31. The number of benzene rings is 4. The van der Waals surface area contributed by atoms with Crippen molar-refractivity contribution in [2.45, 2.75) is 52.3 Å². The van der Waals surface area contributed by atoms with E-state index >= 15 is 0 Å². The summed E-state index contributed by atoms with van der Waals surface area (Å²) < 4.78 is 5.60. The van der Waals surface area contributed by atoms with Crippen LogP contribution in [0.4, 0.5) is 61.7 Å². The summed E-state index contributed by atoms with van der Waals surface area (Å²) in [5, 5.41) is 56.7. The number of nitro benzene ring substituents is 2. The van der Waals surface area contributed by atoms with Crippen LogP contribution < -0.4 is 48.3 Å². The topological polar surface area (TPSA) is 291 Å². The van der Waals surface area contributed by atoms with Crippen molar-refractivity contribution in [1.82, 2.24) is 20.0 Å². The molecule has 376 valence electrons.